The fourth-order valence-electron chi connectivity index (χ4n) is 5.72. The van der Waals surface area contributed by atoms with Gasteiger partial charge >= 0.3 is 5.97 Å². The van der Waals surface area contributed by atoms with Crippen molar-refractivity contribution >= 4 is 33.5 Å². The summed E-state index contributed by atoms with van der Waals surface area (Å²) in [5, 5.41) is 39.7. The Balaban J connectivity index is 1.13. The van der Waals surface area contributed by atoms with E-state index in [-0.39, 0.29) is 40.2 Å². The number of carboxylic acid groups (broad SMARTS) is 1. The normalized spacial score (nSPS) is 13.8. The van der Waals surface area contributed by atoms with Gasteiger partial charge in [0.05, 0.1) is 11.2 Å². The zero-order valence-electron chi connectivity index (χ0n) is 24.7. The first-order valence-corrected chi connectivity index (χ1v) is 14.6. The molecular formula is C33H30FN3O9. The van der Waals surface area contributed by atoms with Gasteiger partial charge in [0.1, 0.15) is 46.2 Å². The Hall–Kier alpha value is -5.56. The monoisotopic (exact) mass is 631 g/mol. The van der Waals surface area contributed by atoms with Gasteiger partial charge in [-0.3, -0.25) is 14.5 Å². The summed E-state index contributed by atoms with van der Waals surface area (Å²) in [6.45, 7) is 5.14. The molecule has 2 aromatic heterocycles. The van der Waals surface area contributed by atoms with Crippen molar-refractivity contribution in [3.8, 4) is 34.3 Å². The van der Waals surface area contributed by atoms with Crippen LogP contribution in [0.3, 0.4) is 0 Å². The molecule has 4 N–H and O–H groups in total. The predicted molar refractivity (Wildman–Crippen MR) is 168 cm³/mol. The number of carbonyl (C=O) groups is 1. The van der Waals surface area contributed by atoms with Crippen molar-refractivity contribution in [1.82, 2.24) is 9.47 Å². The molecule has 1 fully saturated rings. The van der Waals surface area contributed by atoms with Gasteiger partial charge in [-0.15, -0.1) is 0 Å². The van der Waals surface area contributed by atoms with Crippen LogP contribution in [-0.2, 0) is 6.54 Å². The van der Waals surface area contributed by atoms with Crippen molar-refractivity contribution < 1.29 is 38.8 Å². The Bertz CT molecular complexity index is 2100. The molecule has 0 bridgehead atoms. The van der Waals surface area contributed by atoms with Crippen LogP contribution in [0.15, 0.2) is 68.7 Å². The molecule has 12 nitrogen and oxygen atoms in total. The Morgan fingerprint density at radius 1 is 0.978 bits per heavy atom. The van der Waals surface area contributed by atoms with Crippen LogP contribution in [0.4, 0.5) is 10.1 Å². The first kappa shape index (κ1) is 30.5. The standard InChI is InChI=1S/C33H30FN3O9/c1-2-36-17-22(33(43)44)29(40)21-15-23(34)25(16-24(21)36)37-9-7-35(8-10-37)11-12-45-20-13-26(39)28-27(14-20)46-32(31(42)30(28)41)18-3-5-19(38)6-4-18/h3-6,13-17,38-39,42H,2,7-12H2,1H3,(H,43,44). The van der Waals surface area contributed by atoms with Gasteiger partial charge in [0.15, 0.2) is 5.76 Å². The topological polar surface area (TPSA) is 166 Å². The Labute approximate surface area is 260 Å². The molecule has 46 heavy (non-hydrogen) atoms. The Morgan fingerprint density at radius 2 is 1.70 bits per heavy atom. The number of phenolic OH excluding ortho intramolecular Hbond substituents is 2. The lowest BCUT2D eigenvalue weighted by atomic mass is 10.1. The average molecular weight is 632 g/mol. The third-order valence-corrected chi connectivity index (χ3v) is 8.16. The number of ether oxygens (including phenoxy) is 1. The van der Waals surface area contributed by atoms with Crippen LogP contribution in [0, 0.1) is 5.82 Å². The zero-order valence-corrected chi connectivity index (χ0v) is 24.7. The molecule has 13 heteroatoms. The van der Waals surface area contributed by atoms with Crippen molar-refractivity contribution in [2.24, 2.45) is 0 Å². The molecule has 0 amide bonds. The van der Waals surface area contributed by atoms with Crippen LogP contribution < -0.4 is 20.5 Å². The number of nitrogens with zero attached hydrogens (tertiary/aromatic N) is 3. The lowest BCUT2D eigenvalue weighted by Gasteiger charge is -2.36. The number of benzene rings is 3. The smallest absolute Gasteiger partial charge is 0.341 e. The van der Waals surface area contributed by atoms with E-state index < -0.39 is 39.7 Å². The highest BCUT2D eigenvalue weighted by Gasteiger charge is 2.23. The molecule has 238 valence electrons. The number of anilines is 1. The zero-order chi connectivity index (χ0) is 32.7. The van der Waals surface area contributed by atoms with Crippen LogP contribution >= 0.6 is 0 Å². The fraction of sp³-hybridized carbons (Fsp3) is 0.242. The van der Waals surface area contributed by atoms with Crippen molar-refractivity contribution in [2.75, 3.05) is 44.2 Å². The number of pyridine rings is 1. The molecule has 6 rings (SSSR count). The maximum absolute atomic E-state index is 15.2. The van der Waals surface area contributed by atoms with E-state index in [1.54, 1.807) is 10.6 Å². The Morgan fingerprint density at radius 3 is 2.37 bits per heavy atom. The summed E-state index contributed by atoms with van der Waals surface area (Å²) in [5.41, 5.74) is -0.769. The van der Waals surface area contributed by atoms with E-state index in [9.17, 15) is 34.8 Å². The summed E-state index contributed by atoms with van der Waals surface area (Å²) < 4.78 is 28.5. The summed E-state index contributed by atoms with van der Waals surface area (Å²) >= 11 is 0. The van der Waals surface area contributed by atoms with Gasteiger partial charge in [-0.1, -0.05) is 0 Å². The summed E-state index contributed by atoms with van der Waals surface area (Å²) in [5.74, 6) is -2.90. The van der Waals surface area contributed by atoms with Gasteiger partial charge in [-0.2, -0.15) is 0 Å². The van der Waals surface area contributed by atoms with Crippen molar-refractivity contribution in [3.05, 3.63) is 86.6 Å². The fourth-order valence-corrected chi connectivity index (χ4v) is 5.72. The van der Waals surface area contributed by atoms with E-state index >= 15 is 4.39 Å². The van der Waals surface area contributed by atoms with Crippen molar-refractivity contribution in [1.29, 1.82) is 0 Å². The van der Waals surface area contributed by atoms with E-state index in [0.717, 1.165) is 6.07 Å². The molecule has 5 aromatic rings. The number of hydrogen-bond acceptors (Lipinski definition) is 10. The first-order chi connectivity index (χ1) is 22.0. The third-order valence-electron chi connectivity index (χ3n) is 8.16. The first-order valence-electron chi connectivity index (χ1n) is 14.6. The van der Waals surface area contributed by atoms with E-state index in [0.29, 0.717) is 56.0 Å². The van der Waals surface area contributed by atoms with Crippen LogP contribution in [0.5, 0.6) is 23.0 Å². The number of aromatic nitrogens is 1. The van der Waals surface area contributed by atoms with Gasteiger partial charge in [-0.25, -0.2) is 9.18 Å². The molecule has 1 aliphatic heterocycles. The van der Waals surface area contributed by atoms with Crippen LogP contribution in [-0.4, -0.2) is 75.2 Å². The number of carboxylic acids is 1. The highest BCUT2D eigenvalue weighted by atomic mass is 19.1. The number of aryl methyl sites for hydroxylation is 1. The number of aromatic hydroxyl groups is 3. The van der Waals surface area contributed by atoms with Crippen molar-refractivity contribution in [2.45, 2.75) is 13.5 Å². The number of hydrogen-bond donors (Lipinski definition) is 4. The highest BCUT2D eigenvalue weighted by molar-refractivity contribution is 5.93. The quantitative estimate of drug-likeness (QED) is 0.196. The maximum Gasteiger partial charge on any atom is 0.341 e. The number of phenols is 2. The molecule has 3 aromatic carbocycles. The molecule has 1 aliphatic rings. The van der Waals surface area contributed by atoms with Crippen molar-refractivity contribution in [3.63, 3.8) is 0 Å². The summed E-state index contributed by atoms with van der Waals surface area (Å²) in [4.78, 5) is 41.0. The minimum absolute atomic E-state index is 0.00293. The lowest BCUT2D eigenvalue weighted by Crippen LogP contribution is -2.47. The second-order valence-electron chi connectivity index (χ2n) is 10.9. The Kier molecular flexibility index (Phi) is 8.00. The molecule has 0 atom stereocenters. The third kappa shape index (κ3) is 5.56. The highest BCUT2D eigenvalue weighted by Crippen LogP contribution is 2.36. The molecular weight excluding hydrogens is 601 g/mol. The summed E-state index contributed by atoms with van der Waals surface area (Å²) in [7, 11) is 0. The second-order valence-corrected chi connectivity index (χ2v) is 10.9. The number of rotatable bonds is 8. The molecule has 0 aliphatic carbocycles. The molecule has 0 radical (unpaired) electrons. The van der Waals surface area contributed by atoms with Crippen LogP contribution in [0.25, 0.3) is 33.2 Å². The van der Waals surface area contributed by atoms with Crippen LogP contribution in [0.2, 0.25) is 0 Å². The molecule has 1 saturated heterocycles. The molecule has 3 heterocycles. The second kappa shape index (κ2) is 12.1. The van der Waals surface area contributed by atoms with Gasteiger partial charge < -0.3 is 39.0 Å². The minimum atomic E-state index is -1.36. The maximum atomic E-state index is 15.2. The SMILES string of the molecule is CCn1cc(C(=O)O)c(=O)c2cc(F)c(N3CCN(CCOc4cc(O)c5c(=O)c(O)c(-c6ccc(O)cc6)oc5c4)CC3)cc21. The number of halogens is 1. The summed E-state index contributed by atoms with van der Waals surface area (Å²) in [6.07, 6.45) is 1.29. The number of piperazine rings is 1. The average Bonchev–Trinajstić information content (AvgIpc) is 3.03. The number of fused-ring (bicyclic) bond motifs is 2. The van der Waals surface area contributed by atoms with Crippen LogP contribution in [0.1, 0.15) is 17.3 Å². The van der Waals surface area contributed by atoms with E-state index in [1.807, 2.05) is 11.8 Å². The van der Waals surface area contributed by atoms with E-state index in [2.05, 4.69) is 4.90 Å². The molecule has 0 spiro atoms. The molecule has 0 saturated carbocycles. The molecule has 0 unspecified atom stereocenters. The van der Waals surface area contributed by atoms with E-state index in [1.165, 1.54) is 42.6 Å². The van der Waals surface area contributed by atoms with Gasteiger partial charge in [-0.05, 0) is 43.3 Å². The lowest BCUT2D eigenvalue weighted by molar-refractivity contribution is 0.0694. The van der Waals surface area contributed by atoms with Gasteiger partial charge in [0, 0.05) is 68.5 Å². The van der Waals surface area contributed by atoms with E-state index in [4.69, 9.17) is 9.15 Å². The van der Waals surface area contributed by atoms with Gasteiger partial charge in [0.25, 0.3) is 0 Å². The number of aromatic carboxylic acids is 1. The summed E-state index contributed by atoms with van der Waals surface area (Å²) in [6, 6.07) is 11.2. The minimum Gasteiger partial charge on any atom is -0.508 e. The van der Waals surface area contributed by atoms with Gasteiger partial charge in [0.2, 0.25) is 16.6 Å². The largest absolute Gasteiger partial charge is 0.508 e. The predicted octanol–water partition coefficient (Wildman–Crippen LogP) is 3.95.